The number of fused-ring (bicyclic) bond motifs is 3. The fraction of sp³-hybridized carbons (Fsp3) is 0.571. The Hall–Kier alpha value is -3.23. The summed E-state index contributed by atoms with van der Waals surface area (Å²) < 4.78 is 42.6. The molecular formula is C35H46O8. The van der Waals surface area contributed by atoms with Gasteiger partial charge in [0.1, 0.15) is 23.4 Å². The molecule has 2 aromatic rings. The van der Waals surface area contributed by atoms with E-state index in [0.717, 1.165) is 45.9 Å². The number of carbonyl (C=O) groups excluding carboxylic acids is 1. The van der Waals surface area contributed by atoms with Gasteiger partial charge in [-0.2, -0.15) is 0 Å². The maximum absolute atomic E-state index is 12.5. The average Bonchev–Trinajstić information content (AvgIpc) is 3.28. The van der Waals surface area contributed by atoms with Gasteiger partial charge in [-0.1, -0.05) is 44.6 Å². The molecule has 2 aromatic carbocycles. The van der Waals surface area contributed by atoms with Crippen molar-refractivity contribution in [2.24, 2.45) is 11.8 Å². The molecule has 0 radical (unpaired) electrons. The van der Waals surface area contributed by atoms with Crippen molar-refractivity contribution in [2.45, 2.75) is 96.9 Å². The maximum atomic E-state index is 12.5. The Kier molecular flexibility index (Phi) is 9.28. The van der Waals surface area contributed by atoms with Crippen molar-refractivity contribution >= 4 is 6.16 Å². The highest BCUT2D eigenvalue weighted by Gasteiger charge is 2.52. The summed E-state index contributed by atoms with van der Waals surface area (Å²) in [5.41, 5.74) is 3.19. The number of benzene rings is 2. The summed E-state index contributed by atoms with van der Waals surface area (Å²) in [6.45, 7) is 13.1. The van der Waals surface area contributed by atoms with Gasteiger partial charge in [0.25, 0.3) is 0 Å². The quantitative estimate of drug-likeness (QED) is 0.249. The smallest absolute Gasteiger partial charge is 0.497 e. The highest BCUT2D eigenvalue weighted by molar-refractivity contribution is 5.64. The number of carbonyl (C=O) groups is 1. The molecule has 8 heteroatoms. The lowest BCUT2D eigenvalue weighted by atomic mass is 9.78. The van der Waals surface area contributed by atoms with E-state index < -0.39 is 24.2 Å². The van der Waals surface area contributed by atoms with Gasteiger partial charge in [-0.3, -0.25) is 0 Å². The Labute approximate surface area is 255 Å². The Morgan fingerprint density at radius 1 is 1.07 bits per heavy atom. The van der Waals surface area contributed by atoms with Gasteiger partial charge in [0.2, 0.25) is 0 Å². The fourth-order valence-electron chi connectivity index (χ4n) is 6.93. The van der Waals surface area contributed by atoms with Crippen LogP contribution in [-0.4, -0.2) is 50.9 Å². The molecule has 0 aromatic heterocycles. The van der Waals surface area contributed by atoms with Crippen molar-refractivity contribution in [1.29, 1.82) is 0 Å². The Balaban J connectivity index is 1.50. The van der Waals surface area contributed by atoms with Crippen LogP contribution in [-0.2, 0) is 18.9 Å². The second-order valence-electron chi connectivity index (χ2n) is 12.6. The van der Waals surface area contributed by atoms with Crippen molar-refractivity contribution in [3.8, 4) is 17.2 Å². The monoisotopic (exact) mass is 594 g/mol. The minimum Gasteiger partial charge on any atom is -0.497 e. The van der Waals surface area contributed by atoms with Crippen molar-refractivity contribution < 1.29 is 38.0 Å². The van der Waals surface area contributed by atoms with E-state index in [1.54, 1.807) is 14.2 Å². The van der Waals surface area contributed by atoms with Crippen LogP contribution in [0.15, 0.2) is 48.0 Å². The van der Waals surface area contributed by atoms with E-state index in [0.29, 0.717) is 19.4 Å². The number of hydrogen-bond acceptors (Lipinski definition) is 8. The predicted octanol–water partition coefficient (Wildman–Crippen LogP) is 7.67. The third kappa shape index (κ3) is 6.36. The van der Waals surface area contributed by atoms with Gasteiger partial charge in [-0.25, -0.2) is 4.79 Å². The van der Waals surface area contributed by atoms with E-state index in [1.807, 2.05) is 44.2 Å². The lowest BCUT2D eigenvalue weighted by Gasteiger charge is -2.41. The molecule has 43 heavy (non-hydrogen) atoms. The van der Waals surface area contributed by atoms with Crippen LogP contribution in [0.25, 0.3) is 0 Å². The Morgan fingerprint density at radius 2 is 1.81 bits per heavy atom. The fourth-order valence-corrected chi connectivity index (χ4v) is 6.93. The molecule has 2 fully saturated rings. The topological polar surface area (TPSA) is 81.7 Å². The van der Waals surface area contributed by atoms with E-state index in [9.17, 15) is 4.79 Å². The summed E-state index contributed by atoms with van der Waals surface area (Å²) in [6.07, 6.45) is 2.35. The molecule has 0 amide bonds. The number of hydrogen-bond donors (Lipinski definition) is 0. The van der Waals surface area contributed by atoms with E-state index >= 15 is 0 Å². The van der Waals surface area contributed by atoms with Crippen LogP contribution in [0, 0.1) is 18.8 Å². The summed E-state index contributed by atoms with van der Waals surface area (Å²) in [5, 5.41) is 0. The first-order valence-corrected chi connectivity index (χ1v) is 15.4. The van der Waals surface area contributed by atoms with Gasteiger partial charge in [0.05, 0.1) is 26.9 Å². The highest BCUT2D eigenvalue weighted by Crippen LogP contribution is 2.46. The maximum Gasteiger partial charge on any atom is 0.509 e. The first-order valence-electron chi connectivity index (χ1n) is 15.4. The van der Waals surface area contributed by atoms with E-state index in [4.69, 9.17) is 33.2 Å². The molecule has 0 saturated carbocycles. The molecule has 0 aliphatic carbocycles. The second-order valence-corrected chi connectivity index (χ2v) is 12.6. The number of rotatable bonds is 6. The van der Waals surface area contributed by atoms with Crippen molar-refractivity contribution in [3.05, 3.63) is 64.7 Å². The zero-order chi connectivity index (χ0) is 30.9. The van der Waals surface area contributed by atoms with Crippen LogP contribution in [0.4, 0.5) is 4.79 Å². The summed E-state index contributed by atoms with van der Waals surface area (Å²) in [4.78, 5) is 12.5. The van der Waals surface area contributed by atoms with Gasteiger partial charge in [0.15, 0.2) is 18.0 Å². The molecule has 3 aliphatic heterocycles. The zero-order valence-corrected chi connectivity index (χ0v) is 26.7. The predicted molar refractivity (Wildman–Crippen MR) is 163 cm³/mol. The standard InChI is InChI=1S/C35H46O8/c1-9-26-27-17-29(21(3)16-30(27)38-8)40-28(15-10-20(2)18-35(6)32(26)42-34(36)43-35)23(5)31-22(4)19-39-33(41-31)24-11-13-25(37-7)14-12-24/h10-14,16-17,22-23,26,28,31-33H,9,15,18-19H2,1-8H3/b20-10-. The largest absolute Gasteiger partial charge is 0.509 e. The van der Waals surface area contributed by atoms with Gasteiger partial charge < -0.3 is 33.2 Å². The molecule has 3 aliphatic rings. The number of ether oxygens (including phenoxy) is 7. The van der Waals surface area contributed by atoms with Crippen molar-refractivity contribution in [2.75, 3.05) is 20.8 Å². The molecule has 0 N–H and O–H groups in total. The van der Waals surface area contributed by atoms with Crippen LogP contribution in [0.2, 0.25) is 0 Å². The Bertz CT molecular complexity index is 1320. The average molecular weight is 595 g/mol. The molecule has 5 rings (SSSR count). The molecule has 0 spiro atoms. The molecule has 2 saturated heterocycles. The SMILES string of the molecule is CCC1c2cc(c(C)cc2OC)OC(C(C)C2OC(c3ccc(OC)cc3)OCC2C)C/C=C(/C)CC2(C)OC(=O)OC12. The van der Waals surface area contributed by atoms with Crippen LogP contribution in [0.1, 0.15) is 82.8 Å². The van der Waals surface area contributed by atoms with E-state index in [2.05, 4.69) is 39.8 Å². The third-order valence-corrected chi connectivity index (χ3v) is 9.33. The van der Waals surface area contributed by atoms with Crippen LogP contribution in [0.3, 0.4) is 0 Å². The lowest BCUT2D eigenvalue weighted by Crippen LogP contribution is -2.44. The molecule has 8 unspecified atom stereocenters. The van der Waals surface area contributed by atoms with Crippen LogP contribution in [0.5, 0.6) is 17.2 Å². The zero-order valence-electron chi connectivity index (χ0n) is 26.7. The van der Waals surface area contributed by atoms with E-state index in [-0.39, 0.29) is 30.0 Å². The van der Waals surface area contributed by atoms with Crippen LogP contribution >= 0.6 is 0 Å². The minimum absolute atomic E-state index is 0.0366. The Morgan fingerprint density at radius 3 is 2.49 bits per heavy atom. The molecule has 8 atom stereocenters. The normalized spacial score (nSPS) is 32.8. The minimum atomic E-state index is -0.806. The third-order valence-electron chi connectivity index (χ3n) is 9.33. The first kappa shape index (κ1) is 31.2. The summed E-state index contributed by atoms with van der Waals surface area (Å²) in [5.74, 6) is 2.40. The van der Waals surface area contributed by atoms with E-state index in [1.165, 1.54) is 0 Å². The molecular weight excluding hydrogens is 548 g/mol. The number of methoxy groups -OCH3 is 2. The highest BCUT2D eigenvalue weighted by atomic mass is 16.8. The summed E-state index contributed by atoms with van der Waals surface area (Å²) in [6, 6.07) is 11.9. The van der Waals surface area contributed by atoms with Crippen molar-refractivity contribution in [3.63, 3.8) is 0 Å². The van der Waals surface area contributed by atoms with Gasteiger partial charge >= 0.3 is 6.16 Å². The molecule has 3 heterocycles. The van der Waals surface area contributed by atoms with Gasteiger partial charge in [-0.05, 0) is 57.0 Å². The first-order chi connectivity index (χ1) is 20.6. The molecule has 8 nitrogen and oxygen atoms in total. The summed E-state index contributed by atoms with van der Waals surface area (Å²) >= 11 is 0. The van der Waals surface area contributed by atoms with Crippen molar-refractivity contribution in [1.82, 2.24) is 0 Å². The number of aryl methyl sites for hydroxylation is 1. The van der Waals surface area contributed by atoms with Gasteiger partial charge in [0, 0.05) is 41.7 Å². The second kappa shape index (κ2) is 12.8. The lowest BCUT2D eigenvalue weighted by molar-refractivity contribution is -0.254. The van der Waals surface area contributed by atoms with Crippen LogP contribution < -0.4 is 14.2 Å². The molecule has 234 valence electrons. The summed E-state index contributed by atoms with van der Waals surface area (Å²) in [7, 11) is 3.33. The molecule has 2 bridgehead atoms. The van der Waals surface area contributed by atoms with Gasteiger partial charge in [-0.15, -0.1) is 0 Å².